The third-order valence-electron chi connectivity index (χ3n) is 3.66. The third kappa shape index (κ3) is 3.71. The summed E-state index contributed by atoms with van der Waals surface area (Å²) in [4.78, 5) is 2.41. The molecule has 2 rings (SSSR count). The number of benzene rings is 1. The zero-order chi connectivity index (χ0) is 14.0. The second kappa shape index (κ2) is 5.51. The van der Waals surface area contributed by atoms with Gasteiger partial charge in [0.25, 0.3) is 0 Å². The van der Waals surface area contributed by atoms with Crippen molar-refractivity contribution in [3.8, 4) is 0 Å². The molecule has 0 bridgehead atoms. The lowest BCUT2D eigenvalue weighted by Gasteiger charge is -2.39. The Labute approximate surface area is 116 Å². The topological polar surface area (TPSA) is 38.5 Å². The molecule has 2 N–H and O–H groups in total. The van der Waals surface area contributed by atoms with Gasteiger partial charge in [-0.2, -0.15) is 0 Å². The molecule has 0 saturated carbocycles. The molecule has 106 valence electrons. The SMILES string of the molecule is Cc1cc(N2CCOC(C)(C)C2)ccc1CC(C)N. The Morgan fingerprint density at radius 2 is 2.16 bits per heavy atom. The van der Waals surface area contributed by atoms with E-state index in [1.165, 1.54) is 16.8 Å². The highest BCUT2D eigenvalue weighted by Crippen LogP contribution is 2.25. The molecular formula is C16H26N2O. The van der Waals surface area contributed by atoms with Crippen LogP contribution in [0.25, 0.3) is 0 Å². The van der Waals surface area contributed by atoms with Gasteiger partial charge in [0, 0.05) is 24.8 Å². The second-order valence-corrected chi connectivity index (χ2v) is 6.32. The predicted octanol–water partition coefficient (Wildman–Crippen LogP) is 2.50. The van der Waals surface area contributed by atoms with E-state index in [9.17, 15) is 0 Å². The van der Waals surface area contributed by atoms with Crippen molar-refractivity contribution in [3.63, 3.8) is 0 Å². The van der Waals surface area contributed by atoms with Crippen LogP contribution in [0.15, 0.2) is 18.2 Å². The summed E-state index contributed by atoms with van der Waals surface area (Å²) < 4.78 is 5.77. The lowest BCUT2D eigenvalue weighted by Crippen LogP contribution is -2.48. The van der Waals surface area contributed by atoms with Crippen LogP contribution >= 0.6 is 0 Å². The van der Waals surface area contributed by atoms with Crippen LogP contribution in [-0.2, 0) is 11.2 Å². The van der Waals surface area contributed by atoms with E-state index >= 15 is 0 Å². The number of nitrogens with zero attached hydrogens (tertiary/aromatic N) is 1. The van der Waals surface area contributed by atoms with Crippen molar-refractivity contribution < 1.29 is 4.74 Å². The summed E-state index contributed by atoms with van der Waals surface area (Å²) in [5.74, 6) is 0. The quantitative estimate of drug-likeness (QED) is 0.909. The number of morpholine rings is 1. The van der Waals surface area contributed by atoms with Crippen LogP contribution in [0.1, 0.15) is 31.9 Å². The van der Waals surface area contributed by atoms with Crippen molar-refractivity contribution in [2.24, 2.45) is 5.73 Å². The fourth-order valence-corrected chi connectivity index (χ4v) is 2.69. The third-order valence-corrected chi connectivity index (χ3v) is 3.66. The Kier molecular flexibility index (Phi) is 4.16. The Balaban J connectivity index is 2.15. The van der Waals surface area contributed by atoms with Gasteiger partial charge in [-0.1, -0.05) is 6.07 Å². The molecule has 19 heavy (non-hydrogen) atoms. The van der Waals surface area contributed by atoms with Gasteiger partial charge in [-0.05, 0) is 57.4 Å². The molecule has 3 heteroatoms. The second-order valence-electron chi connectivity index (χ2n) is 6.32. The van der Waals surface area contributed by atoms with E-state index in [0.717, 1.165) is 26.1 Å². The molecule has 1 aromatic rings. The highest BCUT2D eigenvalue weighted by molar-refractivity contribution is 5.51. The van der Waals surface area contributed by atoms with E-state index < -0.39 is 0 Å². The summed E-state index contributed by atoms with van der Waals surface area (Å²) in [5, 5.41) is 0. The number of rotatable bonds is 3. The van der Waals surface area contributed by atoms with Gasteiger partial charge in [0.15, 0.2) is 0 Å². The van der Waals surface area contributed by atoms with Gasteiger partial charge in [0.05, 0.1) is 12.2 Å². The molecule has 0 aromatic heterocycles. The van der Waals surface area contributed by atoms with Crippen LogP contribution in [0.5, 0.6) is 0 Å². The Hall–Kier alpha value is -1.06. The maximum Gasteiger partial charge on any atom is 0.0801 e. The van der Waals surface area contributed by atoms with Gasteiger partial charge < -0.3 is 15.4 Å². The monoisotopic (exact) mass is 262 g/mol. The minimum Gasteiger partial charge on any atom is -0.372 e. The molecule has 1 heterocycles. The molecular weight excluding hydrogens is 236 g/mol. The van der Waals surface area contributed by atoms with E-state index in [4.69, 9.17) is 10.5 Å². The Morgan fingerprint density at radius 3 is 2.74 bits per heavy atom. The highest BCUT2D eigenvalue weighted by Gasteiger charge is 2.27. The van der Waals surface area contributed by atoms with Crippen LogP contribution in [-0.4, -0.2) is 31.3 Å². The van der Waals surface area contributed by atoms with Crippen LogP contribution < -0.4 is 10.6 Å². The summed E-state index contributed by atoms with van der Waals surface area (Å²) in [6, 6.07) is 6.92. The Bertz CT molecular complexity index is 440. The van der Waals surface area contributed by atoms with Gasteiger partial charge in [0.2, 0.25) is 0 Å². The molecule has 0 amide bonds. The van der Waals surface area contributed by atoms with Crippen molar-refractivity contribution in [1.82, 2.24) is 0 Å². The number of aryl methyl sites for hydroxylation is 1. The molecule has 1 unspecified atom stereocenters. The number of anilines is 1. The van der Waals surface area contributed by atoms with Crippen LogP contribution in [0.2, 0.25) is 0 Å². The van der Waals surface area contributed by atoms with Crippen molar-refractivity contribution in [1.29, 1.82) is 0 Å². The lowest BCUT2D eigenvalue weighted by molar-refractivity contribution is -0.0276. The number of hydrogen-bond acceptors (Lipinski definition) is 3. The zero-order valence-corrected chi connectivity index (χ0v) is 12.6. The first-order valence-electron chi connectivity index (χ1n) is 7.11. The molecule has 0 radical (unpaired) electrons. The normalized spacial score (nSPS) is 20.4. The van der Waals surface area contributed by atoms with Crippen molar-refractivity contribution in [2.75, 3.05) is 24.6 Å². The maximum atomic E-state index is 5.88. The average molecular weight is 262 g/mol. The minimum atomic E-state index is -0.0589. The van der Waals surface area contributed by atoms with Gasteiger partial charge in [-0.3, -0.25) is 0 Å². The lowest BCUT2D eigenvalue weighted by atomic mass is 10.0. The maximum absolute atomic E-state index is 5.88. The Morgan fingerprint density at radius 1 is 1.42 bits per heavy atom. The smallest absolute Gasteiger partial charge is 0.0801 e. The van der Waals surface area contributed by atoms with Gasteiger partial charge in [-0.25, -0.2) is 0 Å². The molecule has 1 aliphatic rings. The van der Waals surface area contributed by atoms with Gasteiger partial charge >= 0.3 is 0 Å². The van der Waals surface area contributed by atoms with Crippen LogP contribution in [0.3, 0.4) is 0 Å². The molecule has 0 spiro atoms. The van der Waals surface area contributed by atoms with Crippen molar-refractivity contribution in [3.05, 3.63) is 29.3 Å². The summed E-state index contributed by atoms with van der Waals surface area (Å²) in [5.41, 5.74) is 9.80. The van der Waals surface area contributed by atoms with E-state index in [1.807, 2.05) is 0 Å². The fraction of sp³-hybridized carbons (Fsp3) is 0.625. The first-order chi connectivity index (χ1) is 8.87. The molecule has 3 nitrogen and oxygen atoms in total. The molecule has 0 aliphatic carbocycles. The van der Waals surface area contributed by atoms with Crippen molar-refractivity contribution >= 4 is 5.69 Å². The van der Waals surface area contributed by atoms with Gasteiger partial charge in [-0.15, -0.1) is 0 Å². The van der Waals surface area contributed by atoms with E-state index in [1.54, 1.807) is 0 Å². The summed E-state index contributed by atoms with van der Waals surface area (Å²) >= 11 is 0. The van der Waals surface area contributed by atoms with Crippen molar-refractivity contribution in [2.45, 2.75) is 45.8 Å². The van der Waals surface area contributed by atoms with E-state index in [-0.39, 0.29) is 11.6 Å². The highest BCUT2D eigenvalue weighted by atomic mass is 16.5. The van der Waals surface area contributed by atoms with E-state index in [0.29, 0.717) is 0 Å². The molecule has 1 saturated heterocycles. The summed E-state index contributed by atoms with van der Waals surface area (Å²) in [6.45, 7) is 11.2. The predicted molar refractivity (Wildman–Crippen MR) is 80.8 cm³/mol. The first kappa shape index (κ1) is 14.4. The van der Waals surface area contributed by atoms with Gasteiger partial charge in [0.1, 0.15) is 0 Å². The zero-order valence-electron chi connectivity index (χ0n) is 12.6. The molecule has 1 aliphatic heterocycles. The number of hydrogen-bond donors (Lipinski definition) is 1. The summed E-state index contributed by atoms with van der Waals surface area (Å²) in [6.07, 6.45) is 0.945. The molecule has 1 fully saturated rings. The fourth-order valence-electron chi connectivity index (χ4n) is 2.69. The van der Waals surface area contributed by atoms with E-state index in [2.05, 4.69) is 50.8 Å². The number of ether oxygens (including phenoxy) is 1. The number of nitrogens with two attached hydrogens (primary N) is 1. The van der Waals surface area contributed by atoms with Crippen LogP contribution in [0.4, 0.5) is 5.69 Å². The standard InChI is InChI=1S/C16H26N2O/c1-12-9-15(6-5-14(12)10-13(2)17)18-7-8-19-16(3,4)11-18/h5-6,9,13H,7-8,10-11,17H2,1-4H3. The average Bonchev–Trinajstić information content (AvgIpc) is 2.30. The summed E-state index contributed by atoms with van der Waals surface area (Å²) in [7, 11) is 0. The molecule has 1 atom stereocenters. The largest absolute Gasteiger partial charge is 0.372 e. The van der Waals surface area contributed by atoms with Crippen LogP contribution in [0, 0.1) is 6.92 Å². The molecule has 1 aromatic carbocycles. The minimum absolute atomic E-state index is 0.0589. The first-order valence-corrected chi connectivity index (χ1v) is 7.11.